The molecule has 2 rings (SSSR count). The van der Waals surface area contributed by atoms with Crippen LogP contribution in [-0.2, 0) is 11.2 Å². The summed E-state index contributed by atoms with van der Waals surface area (Å²) in [6.07, 6.45) is 2.65. The minimum Gasteiger partial charge on any atom is -0.438 e. The zero-order chi connectivity index (χ0) is 14.7. The number of carbonyl (C=O) groups is 1. The molecule has 1 atom stereocenters. The lowest BCUT2D eigenvalue weighted by Gasteiger charge is -2.08. The summed E-state index contributed by atoms with van der Waals surface area (Å²) in [5.74, 6) is -0.454. The number of halogens is 1. The highest BCUT2D eigenvalue weighted by molar-refractivity contribution is 7.90. The van der Waals surface area contributed by atoms with E-state index in [9.17, 15) is 13.7 Å². The molecule has 0 spiro atoms. The third-order valence-corrected chi connectivity index (χ3v) is 3.49. The minimum atomic E-state index is -0.892. The van der Waals surface area contributed by atoms with Gasteiger partial charge in [-0.15, -0.1) is 0 Å². The average molecular weight is 294 g/mol. The number of rotatable bonds is 4. The smallest absolute Gasteiger partial charge is 0.230 e. The van der Waals surface area contributed by atoms with Crippen LogP contribution in [-0.4, -0.2) is 21.6 Å². The molecule has 0 radical (unpaired) electrons. The highest BCUT2D eigenvalue weighted by atomic mass is 32.2. The molecule has 6 heteroatoms. The van der Waals surface area contributed by atoms with E-state index in [1.165, 1.54) is 6.92 Å². The largest absolute Gasteiger partial charge is 0.438 e. The van der Waals surface area contributed by atoms with E-state index < -0.39 is 17.0 Å². The van der Waals surface area contributed by atoms with Gasteiger partial charge < -0.3 is 4.74 Å². The van der Waals surface area contributed by atoms with Gasteiger partial charge in [0.2, 0.25) is 5.88 Å². The van der Waals surface area contributed by atoms with E-state index >= 15 is 0 Å². The molecule has 0 fully saturated rings. The van der Waals surface area contributed by atoms with E-state index in [0.717, 1.165) is 12.3 Å². The standard InChI is InChI=1S/C14H13FNO3S/c1-9(17)13-6-10(15)8-16-14(13)19-11-4-3-5-12(7-11)20(2)18/h3-8,18H,1-2H3/q+1. The van der Waals surface area contributed by atoms with E-state index in [1.54, 1.807) is 30.5 Å². The first-order valence-corrected chi connectivity index (χ1v) is 7.36. The Balaban J connectivity index is 2.35. The average Bonchev–Trinajstić information content (AvgIpc) is 2.41. The maximum Gasteiger partial charge on any atom is 0.230 e. The molecule has 0 saturated heterocycles. The van der Waals surface area contributed by atoms with Gasteiger partial charge in [0, 0.05) is 6.07 Å². The molecule has 0 bridgehead atoms. The zero-order valence-corrected chi connectivity index (χ0v) is 11.8. The summed E-state index contributed by atoms with van der Waals surface area (Å²) in [6.45, 7) is 1.32. The number of aromatic nitrogens is 1. The molecule has 0 aliphatic rings. The van der Waals surface area contributed by atoms with Crippen LogP contribution in [0.4, 0.5) is 4.39 Å². The highest BCUT2D eigenvalue weighted by Crippen LogP contribution is 2.26. The lowest BCUT2D eigenvalue weighted by molar-refractivity contribution is 0.101. The second-order valence-corrected chi connectivity index (χ2v) is 5.54. The summed E-state index contributed by atoms with van der Waals surface area (Å²) >= 11 is -0.892. The molecule has 1 heterocycles. The van der Waals surface area contributed by atoms with Gasteiger partial charge in [0.15, 0.2) is 21.9 Å². The van der Waals surface area contributed by atoms with Crippen LogP contribution in [0.1, 0.15) is 17.3 Å². The lowest BCUT2D eigenvalue weighted by atomic mass is 10.2. The van der Waals surface area contributed by atoms with Crippen molar-refractivity contribution in [2.24, 2.45) is 0 Å². The number of benzene rings is 1. The van der Waals surface area contributed by atoms with E-state index in [0.29, 0.717) is 10.6 Å². The number of pyridine rings is 1. The van der Waals surface area contributed by atoms with Crippen LogP contribution >= 0.6 is 0 Å². The van der Waals surface area contributed by atoms with Gasteiger partial charge in [0.25, 0.3) is 0 Å². The van der Waals surface area contributed by atoms with E-state index in [2.05, 4.69) is 4.98 Å². The van der Waals surface area contributed by atoms with Crippen LogP contribution in [0.2, 0.25) is 0 Å². The van der Waals surface area contributed by atoms with Gasteiger partial charge in [-0.25, -0.2) is 9.37 Å². The van der Waals surface area contributed by atoms with Crippen molar-refractivity contribution in [2.75, 3.05) is 6.26 Å². The van der Waals surface area contributed by atoms with Crippen LogP contribution in [0, 0.1) is 5.82 Å². The summed E-state index contributed by atoms with van der Waals surface area (Å²) in [5, 5.41) is 0. The molecule has 1 aromatic carbocycles. The Kier molecular flexibility index (Phi) is 4.36. The molecule has 0 aliphatic carbocycles. The summed E-state index contributed by atoms with van der Waals surface area (Å²) in [5.41, 5.74) is 0.0786. The van der Waals surface area contributed by atoms with E-state index in [-0.39, 0.29) is 17.2 Å². The van der Waals surface area contributed by atoms with E-state index in [1.807, 2.05) is 0 Å². The molecule has 4 nitrogen and oxygen atoms in total. The van der Waals surface area contributed by atoms with Gasteiger partial charge in [-0.3, -0.25) is 4.79 Å². The van der Waals surface area contributed by atoms with Crippen molar-refractivity contribution in [1.29, 1.82) is 0 Å². The zero-order valence-electron chi connectivity index (χ0n) is 11.0. The molecule has 1 aromatic heterocycles. The van der Waals surface area contributed by atoms with Gasteiger partial charge in [-0.05, 0) is 25.1 Å². The normalized spacial score (nSPS) is 12.0. The SMILES string of the molecule is CC(=O)c1cc(F)cnc1Oc1cccc([S+](C)O)c1. The van der Waals surface area contributed by atoms with Crippen molar-refractivity contribution < 1.29 is 18.5 Å². The maximum atomic E-state index is 13.1. The predicted molar refractivity (Wildman–Crippen MR) is 74.9 cm³/mol. The maximum absolute atomic E-state index is 13.1. The number of hydrogen-bond donors (Lipinski definition) is 1. The summed E-state index contributed by atoms with van der Waals surface area (Å²) < 4.78 is 28.2. The third kappa shape index (κ3) is 3.34. The molecular weight excluding hydrogens is 281 g/mol. The van der Waals surface area contributed by atoms with Gasteiger partial charge >= 0.3 is 0 Å². The number of carbonyl (C=O) groups excluding carboxylic acids is 1. The second kappa shape index (κ2) is 6.02. The second-order valence-electron chi connectivity index (χ2n) is 4.12. The van der Waals surface area contributed by atoms with Crippen molar-refractivity contribution in [1.82, 2.24) is 4.98 Å². The number of hydrogen-bond acceptors (Lipinski definition) is 4. The Labute approximate surface area is 118 Å². The summed E-state index contributed by atoms with van der Waals surface area (Å²) in [6, 6.07) is 7.90. The molecule has 0 amide bonds. The van der Waals surface area contributed by atoms with Crippen molar-refractivity contribution in [2.45, 2.75) is 11.8 Å². The van der Waals surface area contributed by atoms with Crippen molar-refractivity contribution in [3.8, 4) is 11.6 Å². The Morgan fingerprint density at radius 3 is 2.80 bits per heavy atom. The Bertz CT molecular complexity index is 646. The Morgan fingerprint density at radius 1 is 1.40 bits per heavy atom. The van der Waals surface area contributed by atoms with Crippen molar-refractivity contribution in [3.05, 3.63) is 47.9 Å². The molecule has 1 N–H and O–H groups in total. The van der Waals surface area contributed by atoms with Crippen LogP contribution in [0.5, 0.6) is 11.6 Å². The van der Waals surface area contributed by atoms with E-state index in [4.69, 9.17) is 4.74 Å². The molecular formula is C14H13FNO3S+. The minimum absolute atomic E-state index is 0.0463. The molecule has 0 saturated carbocycles. The number of Topliss-reactive ketones (excluding diaryl/α,β-unsaturated/α-hetero) is 1. The van der Waals surface area contributed by atoms with Crippen LogP contribution in [0.3, 0.4) is 0 Å². The first kappa shape index (κ1) is 14.5. The predicted octanol–water partition coefficient (Wildman–Crippen LogP) is 3.30. The van der Waals surface area contributed by atoms with Gasteiger partial charge in [-0.2, -0.15) is 4.55 Å². The quantitative estimate of drug-likeness (QED) is 0.694. The lowest BCUT2D eigenvalue weighted by Crippen LogP contribution is -2.01. The third-order valence-electron chi connectivity index (χ3n) is 2.56. The Hall–Kier alpha value is -1.92. The fourth-order valence-corrected chi connectivity index (χ4v) is 2.16. The van der Waals surface area contributed by atoms with Crippen LogP contribution in [0.25, 0.3) is 0 Å². The molecule has 2 aromatic rings. The van der Waals surface area contributed by atoms with Crippen LogP contribution < -0.4 is 4.74 Å². The molecule has 20 heavy (non-hydrogen) atoms. The number of ketones is 1. The van der Waals surface area contributed by atoms with Gasteiger partial charge in [-0.1, -0.05) is 6.07 Å². The fraction of sp³-hybridized carbons (Fsp3) is 0.143. The molecule has 0 aliphatic heterocycles. The highest BCUT2D eigenvalue weighted by Gasteiger charge is 2.16. The summed E-state index contributed by atoms with van der Waals surface area (Å²) in [7, 11) is 0. The topological polar surface area (TPSA) is 59.4 Å². The first-order valence-electron chi connectivity index (χ1n) is 5.77. The molecule has 104 valence electrons. The first-order chi connectivity index (χ1) is 9.47. The molecule has 1 unspecified atom stereocenters. The fourth-order valence-electron chi connectivity index (χ4n) is 1.59. The summed E-state index contributed by atoms with van der Waals surface area (Å²) in [4.78, 5) is 16.0. The monoisotopic (exact) mass is 294 g/mol. The van der Waals surface area contributed by atoms with Gasteiger partial charge in [0.1, 0.15) is 17.8 Å². The van der Waals surface area contributed by atoms with Gasteiger partial charge in [0.05, 0.1) is 11.8 Å². The number of ether oxygens (including phenoxy) is 1. The Morgan fingerprint density at radius 2 is 2.15 bits per heavy atom. The van der Waals surface area contributed by atoms with Crippen LogP contribution in [0.15, 0.2) is 41.4 Å². The number of nitrogens with zero attached hydrogens (tertiary/aromatic N) is 1. The van der Waals surface area contributed by atoms with Crippen molar-refractivity contribution in [3.63, 3.8) is 0 Å². The van der Waals surface area contributed by atoms with Crippen molar-refractivity contribution >= 4 is 17.0 Å².